The first-order valence-electron chi connectivity index (χ1n) is 15.0. The molecule has 0 spiro atoms. The number of imide groups is 1. The van der Waals surface area contributed by atoms with Crippen molar-refractivity contribution in [1.29, 1.82) is 5.26 Å². The zero-order valence-electron chi connectivity index (χ0n) is 24.1. The molecule has 0 aromatic heterocycles. The van der Waals surface area contributed by atoms with Gasteiger partial charge in [0.25, 0.3) is 0 Å². The Hall–Kier alpha value is -5.86. The molecule has 1 saturated carbocycles. The van der Waals surface area contributed by atoms with Gasteiger partial charge in [0.2, 0.25) is 11.8 Å². The molecule has 0 radical (unpaired) electrons. The number of fused-ring (bicyclic) bond motifs is 5. The summed E-state index contributed by atoms with van der Waals surface area (Å²) in [4.78, 5) is 47.0. The second-order valence-electron chi connectivity index (χ2n) is 11.8. The Morgan fingerprint density at radius 1 is 0.511 bits per heavy atom. The van der Waals surface area contributed by atoms with Crippen molar-refractivity contribution < 1.29 is 14.4 Å². The number of anilines is 1. The van der Waals surface area contributed by atoms with E-state index < -0.39 is 34.5 Å². The third kappa shape index (κ3) is 3.29. The topological polar surface area (TPSA) is 78.2 Å². The van der Waals surface area contributed by atoms with Crippen molar-refractivity contribution in [2.75, 3.05) is 4.90 Å². The summed E-state index contributed by atoms with van der Waals surface area (Å²) in [7, 11) is 0. The molecule has 1 saturated heterocycles. The summed E-state index contributed by atoms with van der Waals surface area (Å²) in [6.45, 7) is 0. The Labute approximate surface area is 260 Å². The number of amides is 2. The molecule has 214 valence electrons. The van der Waals surface area contributed by atoms with Crippen LogP contribution in [0.25, 0.3) is 11.1 Å². The summed E-state index contributed by atoms with van der Waals surface area (Å²) >= 11 is 0. The molecule has 2 fully saturated rings. The van der Waals surface area contributed by atoms with Gasteiger partial charge in [0.1, 0.15) is 6.07 Å². The Morgan fingerprint density at radius 2 is 0.889 bits per heavy atom. The van der Waals surface area contributed by atoms with Gasteiger partial charge in [-0.15, -0.1) is 0 Å². The quantitative estimate of drug-likeness (QED) is 0.215. The molecule has 1 aliphatic heterocycles. The lowest BCUT2D eigenvalue weighted by Crippen LogP contribution is -2.45. The van der Waals surface area contributed by atoms with E-state index in [1.807, 2.05) is 121 Å². The maximum atomic E-state index is 15.8. The summed E-state index contributed by atoms with van der Waals surface area (Å²) in [5.74, 6) is -3.18. The first-order valence-corrected chi connectivity index (χ1v) is 15.0. The number of ketones is 1. The number of hydrogen-bond acceptors (Lipinski definition) is 4. The number of allylic oxidation sites excluding steroid dienone is 2. The summed E-state index contributed by atoms with van der Waals surface area (Å²) in [6, 6.07) is 47.2. The molecule has 1 heterocycles. The zero-order chi connectivity index (χ0) is 30.8. The van der Waals surface area contributed by atoms with Gasteiger partial charge in [-0.25, -0.2) is 4.90 Å². The van der Waals surface area contributed by atoms with Crippen LogP contribution in [0.5, 0.6) is 0 Å². The van der Waals surface area contributed by atoms with E-state index in [4.69, 9.17) is 0 Å². The molecule has 2 aliphatic carbocycles. The Bertz CT molecular complexity index is 1960. The van der Waals surface area contributed by atoms with E-state index in [1.54, 1.807) is 24.3 Å². The van der Waals surface area contributed by atoms with E-state index in [-0.39, 0.29) is 17.0 Å². The molecular weight excluding hydrogens is 556 g/mol. The van der Waals surface area contributed by atoms with Crippen LogP contribution >= 0.6 is 0 Å². The lowest BCUT2D eigenvalue weighted by molar-refractivity contribution is -0.130. The minimum atomic E-state index is -1.47. The minimum Gasteiger partial charge on any atom is -0.297 e. The van der Waals surface area contributed by atoms with Crippen LogP contribution in [0.2, 0.25) is 0 Å². The molecule has 2 amide bonds. The van der Waals surface area contributed by atoms with Crippen LogP contribution < -0.4 is 4.90 Å². The number of rotatable bonds is 5. The van der Waals surface area contributed by atoms with Crippen molar-refractivity contribution in [3.8, 4) is 6.07 Å². The summed E-state index contributed by atoms with van der Waals surface area (Å²) in [5.41, 5.74) is 1.98. The monoisotopic (exact) mass is 582 g/mol. The van der Waals surface area contributed by atoms with Crippen LogP contribution in [-0.4, -0.2) is 17.6 Å². The van der Waals surface area contributed by atoms with Crippen LogP contribution in [0.15, 0.2) is 146 Å². The molecule has 5 aromatic carbocycles. The molecule has 2 bridgehead atoms. The smallest absolute Gasteiger partial charge is 0.239 e. The highest BCUT2D eigenvalue weighted by Gasteiger charge is 2.82. The van der Waals surface area contributed by atoms with Gasteiger partial charge in [-0.2, -0.15) is 5.26 Å². The number of hydrogen-bond donors (Lipinski definition) is 0. The van der Waals surface area contributed by atoms with Crippen LogP contribution in [0.3, 0.4) is 0 Å². The highest BCUT2D eigenvalue weighted by molar-refractivity contribution is 6.39. The molecule has 5 aromatic rings. The molecule has 0 unspecified atom stereocenters. The number of para-hydroxylation sites is 1. The fraction of sp³-hybridized carbons (Fsp3) is 0.100. The van der Waals surface area contributed by atoms with Gasteiger partial charge in [-0.05, 0) is 45.5 Å². The predicted octanol–water partition coefficient (Wildman–Crippen LogP) is 6.75. The first kappa shape index (κ1) is 26.7. The van der Waals surface area contributed by atoms with Gasteiger partial charge in [-0.3, -0.25) is 14.4 Å². The number of nitrogens with zero attached hydrogens (tertiary/aromatic N) is 2. The van der Waals surface area contributed by atoms with E-state index in [9.17, 15) is 14.9 Å². The molecule has 5 heteroatoms. The van der Waals surface area contributed by atoms with Crippen LogP contribution in [0, 0.1) is 23.2 Å². The lowest BCUT2D eigenvalue weighted by atomic mass is 9.59. The number of nitriles is 1. The Morgan fingerprint density at radius 3 is 1.31 bits per heavy atom. The molecular formula is C40H26N2O3. The van der Waals surface area contributed by atoms with Gasteiger partial charge in [0.05, 0.1) is 33.9 Å². The Kier molecular flexibility index (Phi) is 5.84. The maximum absolute atomic E-state index is 15.8. The number of carbonyl (C=O) groups excluding carboxylic acids is 3. The normalized spacial score (nSPS) is 25.0. The van der Waals surface area contributed by atoms with Gasteiger partial charge >= 0.3 is 0 Å². The van der Waals surface area contributed by atoms with Crippen molar-refractivity contribution in [3.05, 3.63) is 173 Å². The second kappa shape index (κ2) is 9.83. The van der Waals surface area contributed by atoms with Gasteiger partial charge in [0, 0.05) is 0 Å². The van der Waals surface area contributed by atoms with Gasteiger partial charge in [0.15, 0.2) is 5.78 Å². The van der Waals surface area contributed by atoms with E-state index >= 15 is 4.79 Å². The van der Waals surface area contributed by atoms with Gasteiger partial charge in [-0.1, -0.05) is 133 Å². The van der Waals surface area contributed by atoms with Crippen LogP contribution in [0.1, 0.15) is 27.8 Å². The summed E-state index contributed by atoms with van der Waals surface area (Å²) < 4.78 is 0. The molecule has 3 aliphatic rings. The Balaban J connectivity index is 1.56. The molecule has 4 atom stereocenters. The fourth-order valence-electron chi connectivity index (χ4n) is 8.33. The average molecular weight is 583 g/mol. The highest BCUT2D eigenvalue weighted by Crippen LogP contribution is 2.74. The molecule has 45 heavy (non-hydrogen) atoms. The SMILES string of the molecule is N#Cc1ccccc1N1C(=O)[C@@H]2[C@@H](C1=O)[C@@]1(c3ccccc3)C(=O)[C@@]2(c2ccccc2)C(c2ccccc2)=C1c1ccccc1. The van der Waals surface area contributed by atoms with E-state index in [1.165, 1.54) is 4.90 Å². The van der Waals surface area contributed by atoms with Crippen molar-refractivity contribution in [1.82, 2.24) is 0 Å². The summed E-state index contributed by atoms with van der Waals surface area (Å²) in [5, 5.41) is 9.99. The predicted molar refractivity (Wildman–Crippen MR) is 172 cm³/mol. The molecule has 5 nitrogen and oxygen atoms in total. The lowest BCUT2D eigenvalue weighted by Gasteiger charge is -2.39. The van der Waals surface area contributed by atoms with Crippen LogP contribution in [-0.2, 0) is 25.2 Å². The number of Topliss-reactive ketones (excluding diaryl/α,β-unsaturated/α-hetero) is 1. The maximum Gasteiger partial charge on any atom is 0.239 e. The van der Waals surface area contributed by atoms with Crippen molar-refractivity contribution in [2.24, 2.45) is 11.8 Å². The zero-order valence-corrected chi connectivity index (χ0v) is 24.1. The third-order valence-corrected chi connectivity index (χ3v) is 9.84. The van der Waals surface area contributed by atoms with Crippen molar-refractivity contribution in [2.45, 2.75) is 10.8 Å². The van der Waals surface area contributed by atoms with Crippen LogP contribution in [0.4, 0.5) is 5.69 Å². The van der Waals surface area contributed by atoms with Crippen molar-refractivity contribution >= 4 is 34.4 Å². The fourth-order valence-corrected chi connectivity index (χ4v) is 8.33. The standard InChI is InChI=1S/C40H26N2O3/c41-25-28-19-13-14-24-31(28)42-36(43)34-35(37(42)44)40(30-22-11-4-12-23-30)33(27-17-7-2-8-18-27)32(26-15-5-1-6-16-26)39(34,38(40)45)29-20-9-3-10-21-29/h1-24,34-35H/t34-,35-,39-,40-/m0/s1. The van der Waals surface area contributed by atoms with E-state index in [0.717, 1.165) is 22.3 Å². The first-order chi connectivity index (χ1) is 22.1. The second-order valence-corrected chi connectivity index (χ2v) is 11.8. The summed E-state index contributed by atoms with van der Waals surface area (Å²) in [6.07, 6.45) is 0. The largest absolute Gasteiger partial charge is 0.297 e. The van der Waals surface area contributed by atoms with E-state index in [0.29, 0.717) is 11.1 Å². The number of benzene rings is 5. The number of carbonyl (C=O) groups is 3. The molecule has 0 N–H and O–H groups in total. The minimum absolute atomic E-state index is 0.171. The third-order valence-electron chi connectivity index (χ3n) is 9.84. The molecule has 8 rings (SSSR count). The average Bonchev–Trinajstić information content (AvgIpc) is 3.61. The van der Waals surface area contributed by atoms with Gasteiger partial charge < -0.3 is 0 Å². The van der Waals surface area contributed by atoms with Crippen molar-refractivity contribution in [3.63, 3.8) is 0 Å². The highest BCUT2D eigenvalue weighted by atomic mass is 16.2. The van der Waals surface area contributed by atoms with E-state index in [2.05, 4.69) is 6.07 Å².